The average molecular weight is 353 g/mol. The van der Waals surface area contributed by atoms with Gasteiger partial charge < -0.3 is 14.9 Å². The molecule has 1 amide bonds. The highest BCUT2D eigenvalue weighted by molar-refractivity contribution is 5.77. The van der Waals surface area contributed by atoms with E-state index in [1.165, 1.54) is 0 Å². The van der Waals surface area contributed by atoms with E-state index in [0.717, 1.165) is 16.9 Å². The van der Waals surface area contributed by atoms with Crippen LogP contribution in [0.3, 0.4) is 0 Å². The Labute approximate surface area is 151 Å². The number of aryl methyl sites for hydroxylation is 3. The first kappa shape index (κ1) is 17.8. The average Bonchev–Trinajstić information content (AvgIpc) is 2.89. The summed E-state index contributed by atoms with van der Waals surface area (Å²) in [5, 5.41) is 2.91. The van der Waals surface area contributed by atoms with Crippen LogP contribution in [0, 0.1) is 20.8 Å². The molecule has 0 radical (unpaired) electrons. The highest BCUT2D eigenvalue weighted by Crippen LogP contribution is 2.14. The number of nitrogens with zero attached hydrogens (tertiary/aromatic N) is 3. The molecular weight excluding hydrogens is 330 g/mol. The summed E-state index contributed by atoms with van der Waals surface area (Å²) in [6.07, 6.45) is 0.644. The second-order valence-corrected chi connectivity index (χ2v) is 6.36. The van der Waals surface area contributed by atoms with E-state index in [-0.39, 0.29) is 17.9 Å². The molecule has 2 N–H and O–H groups in total. The second-order valence-electron chi connectivity index (χ2n) is 6.36. The Morgan fingerprint density at radius 3 is 2.73 bits per heavy atom. The first-order valence-corrected chi connectivity index (χ1v) is 8.70. The lowest BCUT2D eigenvalue weighted by Crippen LogP contribution is -2.28. The number of hydrogen-bond acceptors (Lipinski definition) is 4. The van der Waals surface area contributed by atoms with Crippen molar-refractivity contribution in [2.45, 2.75) is 40.2 Å². The lowest BCUT2D eigenvalue weighted by atomic mass is 10.1. The first-order chi connectivity index (χ1) is 12.5. The number of carbonyl (C=O) groups excluding carboxylic acids is 1. The number of aromatic nitrogens is 4. The predicted molar refractivity (Wildman–Crippen MR) is 100 cm³/mol. The molecule has 0 aliphatic heterocycles. The zero-order valence-electron chi connectivity index (χ0n) is 15.3. The lowest BCUT2D eigenvalue weighted by Gasteiger charge is -2.09. The summed E-state index contributed by atoms with van der Waals surface area (Å²) < 4.78 is 2.09. The molecule has 2 heterocycles. The largest absolute Gasteiger partial charge is 0.354 e. The Balaban J connectivity index is 1.55. The minimum atomic E-state index is -0.164. The van der Waals surface area contributed by atoms with Crippen molar-refractivity contribution >= 4 is 16.9 Å². The van der Waals surface area contributed by atoms with Crippen molar-refractivity contribution in [1.29, 1.82) is 0 Å². The van der Waals surface area contributed by atoms with Gasteiger partial charge in [0.15, 0.2) is 0 Å². The number of rotatable bonds is 6. The van der Waals surface area contributed by atoms with Crippen molar-refractivity contribution in [3.8, 4) is 0 Å². The van der Waals surface area contributed by atoms with Crippen LogP contribution in [0.25, 0.3) is 11.0 Å². The number of carbonyl (C=O) groups is 1. The monoisotopic (exact) mass is 353 g/mol. The van der Waals surface area contributed by atoms with E-state index >= 15 is 0 Å². The van der Waals surface area contributed by atoms with E-state index in [0.29, 0.717) is 36.6 Å². The summed E-state index contributed by atoms with van der Waals surface area (Å²) in [7, 11) is 0. The molecule has 0 fully saturated rings. The molecule has 136 valence electrons. The first-order valence-electron chi connectivity index (χ1n) is 8.70. The third-order valence-corrected chi connectivity index (χ3v) is 4.45. The van der Waals surface area contributed by atoms with Crippen LogP contribution >= 0.6 is 0 Å². The van der Waals surface area contributed by atoms with E-state index < -0.39 is 0 Å². The molecule has 0 saturated heterocycles. The number of benzene rings is 1. The standard InChI is InChI=1S/C19H23N5O2/c1-12-15(19(26)22-13(2)21-12)8-9-18(25)20-10-11-24-14(3)23-16-6-4-5-7-17(16)24/h4-7H,8-11H2,1-3H3,(H,20,25)(H,21,22,26). The molecule has 0 saturated carbocycles. The molecule has 0 spiro atoms. The maximum atomic E-state index is 12.1. The molecule has 7 heteroatoms. The van der Waals surface area contributed by atoms with Crippen LogP contribution in [0.15, 0.2) is 29.1 Å². The number of amides is 1. The zero-order chi connectivity index (χ0) is 18.7. The smallest absolute Gasteiger partial charge is 0.254 e. The van der Waals surface area contributed by atoms with E-state index in [4.69, 9.17) is 0 Å². The third-order valence-electron chi connectivity index (χ3n) is 4.45. The quantitative estimate of drug-likeness (QED) is 0.707. The number of fused-ring (bicyclic) bond motifs is 1. The van der Waals surface area contributed by atoms with E-state index in [1.807, 2.05) is 31.2 Å². The van der Waals surface area contributed by atoms with E-state index in [9.17, 15) is 9.59 Å². The normalized spacial score (nSPS) is 11.0. The summed E-state index contributed by atoms with van der Waals surface area (Å²) in [5.74, 6) is 1.43. The Kier molecular flexibility index (Phi) is 5.16. The molecule has 0 unspecified atom stereocenters. The van der Waals surface area contributed by atoms with Gasteiger partial charge in [0.05, 0.1) is 11.0 Å². The molecule has 26 heavy (non-hydrogen) atoms. The minimum Gasteiger partial charge on any atom is -0.354 e. The molecular formula is C19H23N5O2. The fourth-order valence-corrected chi connectivity index (χ4v) is 3.16. The van der Waals surface area contributed by atoms with Gasteiger partial charge in [0.25, 0.3) is 5.56 Å². The summed E-state index contributed by atoms with van der Waals surface area (Å²) in [5.41, 5.74) is 3.11. The van der Waals surface area contributed by atoms with Gasteiger partial charge in [-0.25, -0.2) is 9.97 Å². The van der Waals surface area contributed by atoms with Crippen LogP contribution in [0.2, 0.25) is 0 Å². The highest BCUT2D eigenvalue weighted by Gasteiger charge is 2.10. The number of hydrogen-bond donors (Lipinski definition) is 2. The number of imidazole rings is 1. The van der Waals surface area contributed by atoms with Crippen LogP contribution in [0.4, 0.5) is 0 Å². The summed E-state index contributed by atoms with van der Waals surface area (Å²) in [6.45, 7) is 6.67. The van der Waals surface area contributed by atoms with Gasteiger partial charge in [0, 0.05) is 30.8 Å². The van der Waals surface area contributed by atoms with Gasteiger partial charge in [-0.3, -0.25) is 9.59 Å². The summed E-state index contributed by atoms with van der Waals surface area (Å²) in [6, 6.07) is 7.95. The van der Waals surface area contributed by atoms with Gasteiger partial charge in [0.1, 0.15) is 11.6 Å². The molecule has 0 atom stereocenters. The van der Waals surface area contributed by atoms with Gasteiger partial charge in [-0.1, -0.05) is 12.1 Å². The SMILES string of the molecule is Cc1nc(C)c(CCC(=O)NCCn2c(C)nc3ccccc32)c(=O)[nH]1. The van der Waals surface area contributed by atoms with Gasteiger partial charge >= 0.3 is 0 Å². The molecule has 7 nitrogen and oxygen atoms in total. The fraction of sp³-hybridized carbons (Fsp3) is 0.368. The van der Waals surface area contributed by atoms with Gasteiger partial charge in [-0.2, -0.15) is 0 Å². The Bertz CT molecular complexity index is 1000. The summed E-state index contributed by atoms with van der Waals surface area (Å²) >= 11 is 0. The van der Waals surface area contributed by atoms with Crippen LogP contribution in [-0.2, 0) is 17.8 Å². The fourth-order valence-electron chi connectivity index (χ4n) is 3.16. The number of aromatic amines is 1. The Morgan fingerprint density at radius 1 is 1.19 bits per heavy atom. The Hall–Kier alpha value is -2.96. The number of H-pyrrole nitrogens is 1. The summed E-state index contributed by atoms with van der Waals surface area (Å²) in [4.78, 5) is 35.5. The molecule has 0 aliphatic rings. The molecule has 3 rings (SSSR count). The minimum absolute atomic E-state index is 0.0774. The maximum Gasteiger partial charge on any atom is 0.254 e. The van der Waals surface area contributed by atoms with Gasteiger partial charge in [-0.05, 0) is 39.3 Å². The highest BCUT2D eigenvalue weighted by atomic mass is 16.1. The van der Waals surface area contributed by atoms with Crippen LogP contribution < -0.4 is 10.9 Å². The Morgan fingerprint density at radius 2 is 1.96 bits per heavy atom. The zero-order valence-corrected chi connectivity index (χ0v) is 15.3. The molecule has 2 aromatic heterocycles. The van der Waals surface area contributed by atoms with Crippen LogP contribution in [0.5, 0.6) is 0 Å². The second kappa shape index (κ2) is 7.51. The van der Waals surface area contributed by atoms with Gasteiger partial charge in [0.2, 0.25) is 5.91 Å². The molecule has 1 aromatic carbocycles. The molecule has 0 bridgehead atoms. The van der Waals surface area contributed by atoms with Gasteiger partial charge in [-0.15, -0.1) is 0 Å². The van der Waals surface area contributed by atoms with Crippen LogP contribution in [-0.4, -0.2) is 32.0 Å². The van der Waals surface area contributed by atoms with Crippen LogP contribution in [0.1, 0.15) is 29.3 Å². The lowest BCUT2D eigenvalue weighted by molar-refractivity contribution is -0.121. The van der Waals surface area contributed by atoms with E-state index in [1.54, 1.807) is 13.8 Å². The topological polar surface area (TPSA) is 92.7 Å². The molecule has 3 aromatic rings. The predicted octanol–water partition coefficient (Wildman–Crippen LogP) is 1.79. The van der Waals surface area contributed by atoms with Crippen molar-refractivity contribution in [3.63, 3.8) is 0 Å². The maximum absolute atomic E-state index is 12.1. The van der Waals surface area contributed by atoms with Crippen molar-refractivity contribution in [3.05, 3.63) is 57.5 Å². The van der Waals surface area contributed by atoms with Crippen molar-refractivity contribution in [1.82, 2.24) is 24.8 Å². The third kappa shape index (κ3) is 3.82. The number of para-hydroxylation sites is 2. The molecule has 0 aliphatic carbocycles. The number of nitrogens with one attached hydrogen (secondary N) is 2. The van der Waals surface area contributed by atoms with E-state index in [2.05, 4.69) is 24.8 Å². The van der Waals surface area contributed by atoms with Crippen molar-refractivity contribution < 1.29 is 4.79 Å². The van der Waals surface area contributed by atoms with Crippen molar-refractivity contribution in [2.24, 2.45) is 0 Å². The van der Waals surface area contributed by atoms with Crippen molar-refractivity contribution in [2.75, 3.05) is 6.54 Å².